The summed E-state index contributed by atoms with van der Waals surface area (Å²) in [6, 6.07) is 6.51. The van der Waals surface area contributed by atoms with Crippen molar-refractivity contribution in [2.24, 2.45) is 5.92 Å². The summed E-state index contributed by atoms with van der Waals surface area (Å²) < 4.78 is 9.72. The minimum absolute atomic E-state index is 0.130. The Morgan fingerprint density at radius 2 is 1.91 bits per heavy atom. The summed E-state index contributed by atoms with van der Waals surface area (Å²) in [6.45, 7) is 3.61. The number of esters is 2. The summed E-state index contributed by atoms with van der Waals surface area (Å²) in [5, 5.41) is 0.417. The SMILES string of the molecule is CCOC(=O)C=C(c1cccc(Cl)c1)C(C=O)C(=O)OCC. The van der Waals surface area contributed by atoms with Gasteiger partial charge in [-0.15, -0.1) is 0 Å². The molecular weight excluding hydrogens is 308 g/mol. The number of halogens is 1. The zero-order valence-corrected chi connectivity index (χ0v) is 13.1. The second-order valence-corrected chi connectivity index (χ2v) is 4.66. The average Bonchev–Trinajstić information content (AvgIpc) is 2.47. The first kappa shape index (κ1) is 17.9. The Morgan fingerprint density at radius 1 is 1.23 bits per heavy atom. The van der Waals surface area contributed by atoms with Gasteiger partial charge in [-0.3, -0.25) is 4.79 Å². The first-order valence-corrected chi connectivity index (χ1v) is 7.17. The van der Waals surface area contributed by atoms with Gasteiger partial charge in [-0.05, 0) is 37.1 Å². The summed E-state index contributed by atoms with van der Waals surface area (Å²) in [7, 11) is 0. The fourth-order valence-corrected chi connectivity index (χ4v) is 2.01. The van der Waals surface area contributed by atoms with Gasteiger partial charge in [0.05, 0.1) is 13.2 Å². The summed E-state index contributed by atoms with van der Waals surface area (Å²) in [4.78, 5) is 35.0. The van der Waals surface area contributed by atoms with E-state index in [1.54, 1.807) is 38.1 Å². The third-order valence-electron chi connectivity index (χ3n) is 2.73. The highest BCUT2D eigenvalue weighted by Crippen LogP contribution is 2.26. The maximum atomic E-state index is 11.9. The number of aldehydes is 1. The maximum Gasteiger partial charge on any atom is 0.331 e. The van der Waals surface area contributed by atoms with Crippen LogP contribution < -0.4 is 0 Å². The molecule has 118 valence electrons. The van der Waals surface area contributed by atoms with Crippen molar-refractivity contribution in [1.82, 2.24) is 0 Å². The topological polar surface area (TPSA) is 69.7 Å². The van der Waals surface area contributed by atoms with Crippen LogP contribution in [0.25, 0.3) is 5.57 Å². The van der Waals surface area contributed by atoms with E-state index in [0.717, 1.165) is 6.08 Å². The van der Waals surface area contributed by atoms with Crippen LogP contribution in [-0.2, 0) is 23.9 Å². The molecule has 0 bridgehead atoms. The van der Waals surface area contributed by atoms with Crippen LogP contribution >= 0.6 is 11.6 Å². The van der Waals surface area contributed by atoms with Crippen LogP contribution in [0.5, 0.6) is 0 Å². The quantitative estimate of drug-likeness (QED) is 0.334. The Kier molecular flexibility index (Phi) is 7.32. The first-order chi connectivity index (χ1) is 10.5. The molecule has 0 aliphatic carbocycles. The van der Waals surface area contributed by atoms with Crippen molar-refractivity contribution < 1.29 is 23.9 Å². The Bertz CT molecular complexity index is 580. The van der Waals surface area contributed by atoms with Gasteiger partial charge in [-0.2, -0.15) is 0 Å². The van der Waals surface area contributed by atoms with Gasteiger partial charge in [0.25, 0.3) is 0 Å². The monoisotopic (exact) mass is 324 g/mol. The number of benzene rings is 1. The normalized spacial score (nSPS) is 12.4. The summed E-state index contributed by atoms with van der Waals surface area (Å²) >= 11 is 5.93. The molecule has 1 atom stereocenters. The van der Waals surface area contributed by atoms with Crippen LogP contribution in [0.15, 0.2) is 30.3 Å². The molecule has 1 rings (SSSR count). The van der Waals surface area contributed by atoms with E-state index in [4.69, 9.17) is 21.1 Å². The lowest BCUT2D eigenvalue weighted by Gasteiger charge is -2.14. The molecular formula is C16H17ClO5. The highest BCUT2D eigenvalue weighted by Gasteiger charge is 2.26. The number of hydrogen-bond acceptors (Lipinski definition) is 5. The smallest absolute Gasteiger partial charge is 0.331 e. The summed E-state index contributed by atoms with van der Waals surface area (Å²) in [5.41, 5.74) is 0.667. The molecule has 1 aromatic carbocycles. The van der Waals surface area contributed by atoms with Crippen LogP contribution in [0.1, 0.15) is 19.4 Å². The largest absolute Gasteiger partial charge is 0.465 e. The Balaban J connectivity index is 3.29. The minimum atomic E-state index is -1.22. The lowest BCUT2D eigenvalue weighted by Crippen LogP contribution is -2.21. The van der Waals surface area contributed by atoms with Gasteiger partial charge in [0.2, 0.25) is 0 Å². The minimum Gasteiger partial charge on any atom is -0.465 e. The molecule has 0 saturated heterocycles. The van der Waals surface area contributed by atoms with Crippen molar-refractivity contribution in [3.05, 3.63) is 40.9 Å². The zero-order valence-electron chi connectivity index (χ0n) is 12.4. The van der Waals surface area contributed by atoms with Crippen molar-refractivity contribution in [2.75, 3.05) is 13.2 Å². The Labute approximate surface area is 133 Å². The lowest BCUT2D eigenvalue weighted by atomic mass is 9.93. The molecule has 0 aliphatic rings. The Hall–Kier alpha value is -2.14. The van der Waals surface area contributed by atoms with Crippen LogP contribution in [0.2, 0.25) is 5.02 Å². The average molecular weight is 325 g/mol. The first-order valence-electron chi connectivity index (χ1n) is 6.79. The predicted molar refractivity (Wildman–Crippen MR) is 82.2 cm³/mol. The van der Waals surface area contributed by atoms with E-state index in [-0.39, 0.29) is 18.8 Å². The van der Waals surface area contributed by atoms with Gasteiger partial charge in [0, 0.05) is 11.1 Å². The van der Waals surface area contributed by atoms with E-state index in [1.165, 1.54) is 0 Å². The van der Waals surface area contributed by atoms with Crippen LogP contribution in [0.4, 0.5) is 0 Å². The van der Waals surface area contributed by atoms with Gasteiger partial charge in [-0.25, -0.2) is 4.79 Å². The van der Waals surface area contributed by atoms with Crippen LogP contribution in [0.3, 0.4) is 0 Å². The van der Waals surface area contributed by atoms with Crippen molar-refractivity contribution >= 4 is 35.4 Å². The van der Waals surface area contributed by atoms with Crippen molar-refractivity contribution in [3.63, 3.8) is 0 Å². The van der Waals surface area contributed by atoms with E-state index in [0.29, 0.717) is 16.9 Å². The standard InChI is InChI=1S/C16H17ClO5/c1-3-21-15(19)9-13(11-6-5-7-12(17)8-11)14(10-18)16(20)22-4-2/h5-10,14H,3-4H2,1-2H3. The molecule has 0 heterocycles. The number of carbonyl (C=O) groups is 3. The second kappa shape index (κ2) is 9.00. The van der Waals surface area contributed by atoms with Crippen molar-refractivity contribution in [3.8, 4) is 0 Å². The zero-order chi connectivity index (χ0) is 16.5. The molecule has 6 heteroatoms. The van der Waals surface area contributed by atoms with Crippen molar-refractivity contribution in [1.29, 1.82) is 0 Å². The highest BCUT2D eigenvalue weighted by atomic mass is 35.5. The molecule has 22 heavy (non-hydrogen) atoms. The second-order valence-electron chi connectivity index (χ2n) is 4.23. The lowest BCUT2D eigenvalue weighted by molar-refractivity contribution is -0.146. The molecule has 1 unspecified atom stereocenters. The number of carbonyl (C=O) groups excluding carboxylic acids is 3. The summed E-state index contributed by atoms with van der Waals surface area (Å²) in [5.74, 6) is -2.59. The predicted octanol–water partition coefficient (Wildman–Crippen LogP) is 2.66. The fraction of sp³-hybridized carbons (Fsp3) is 0.312. The molecule has 5 nitrogen and oxygen atoms in total. The highest BCUT2D eigenvalue weighted by molar-refractivity contribution is 6.30. The molecule has 0 spiro atoms. The molecule has 0 fully saturated rings. The van der Waals surface area contributed by atoms with Gasteiger partial charge < -0.3 is 14.3 Å². The van der Waals surface area contributed by atoms with E-state index in [1.807, 2.05) is 0 Å². The molecule has 0 aliphatic heterocycles. The Morgan fingerprint density at radius 3 is 2.45 bits per heavy atom. The van der Waals surface area contributed by atoms with E-state index in [9.17, 15) is 14.4 Å². The third-order valence-corrected chi connectivity index (χ3v) is 2.96. The fourth-order valence-electron chi connectivity index (χ4n) is 1.82. The van der Waals surface area contributed by atoms with Gasteiger partial charge in [0.15, 0.2) is 0 Å². The number of hydrogen-bond donors (Lipinski definition) is 0. The van der Waals surface area contributed by atoms with Gasteiger partial charge in [-0.1, -0.05) is 23.7 Å². The molecule has 0 N–H and O–H groups in total. The van der Waals surface area contributed by atoms with Crippen molar-refractivity contribution in [2.45, 2.75) is 13.8 Å². The molecule has 1 aromatic rings. The molecule has 0 amide bonds. The van der Waals surface area contributed by atoms with Gasteiger partial charge in [0.1, 0.15) is 12.2 Å². The van der Waals surface area contributed by atoms with E-state index >= 15 is 0 Å². The van der Waals surface area contributed by atoms with Crippen LogP contribution in [-0.4, -0.2) is 31.4 Å². The van der Waals surface area contributed by atoms with E-state index < -0.39 is 17.9 Å². The van der Waals surface area contributed by atoms with Crippen LogP contribution in [0, 0.1) is 5.92 Å². The van der Waals surface area contributed by atoms with Gasteiger partial charge >= 0.3 is 11.9 Å². The molecule has 0 radical (unpaired) electrons. The number of rotatable bonds is 7. The molecule has 0 saturated carbocycles. The number of ether oxygens (including phenoxy) is 2. The maximum absolute atomic E-state index is 11.9. The summed E-state index contributed by atoms with van der Waals surface area (Å²) in [6.07, 6.45) is 1.55. The molecule has 0 aromatic heterocycles. The third kappa shape index (κ3) is 5.00. The van der Waals surface area contributed by atoms with E-state index in [2.05, 4.69) is 0 Å².